The van der Waals surface area contributed by atoms with E-state index in [-0.39, 0.29) is 11.5 Å². The lowest BCUT2D eigenvalue weighted by atomic mass is 10.1. The van der Waals surface area contributed by atoms with E-state index in [9.17, 15) is 14.0 Å². The van der Waals surface area contributed by atoms with E-state index in [0.29, 0.717) is 18.8 Å². The highest BCUT2D eigenvalue weighted by molar-refractivity contribution is 6.03. The third-order valence-corrected chi connectivity index (χ3v) is 4.40. The Morgan fingerprint density at radius 2 is 1.80 bits per heavy atom. The van der Waals surface area contributed by atoms with Crippen molar-refractivity contribution in [1.82, 2.24) is 4.90 Å². The molecule has 2 aromatic rings. The molecule has 0 unspecified atom stereocenters. The quantitative estimate of drug-likeness (QED) is 0.862. The molecule has 3 rings (SSSR count). The van der Waals surface area contributed by atoms with Crippen molar-refractivity contribution in [3.8, 4) is 5.75 Å². The van der Waals surface area contributed by atoms with Gasteiger partial charge in [-0.25, -0.2) is 4.39 Å². The van der Waals surface area contributed by atoms with Gasteiger partial charge in [0.25, 0.3) is 5.91 Å². The van der Waals surface area contributed by atoms with Crippen LogP contribution in [-0.2, 0) is 4.79 Å². The number of piperazine rings is 1. The Hall–Kier alpha value is -2.89. The van der Waals surface area contributed by atoms with Crippen LogP contribution >= 0.6 is 0 Å². The average Bonchev–Trinajstić information content (AvgIpc) is 2.64. The summed E-state index contributed by atoms with van der Waals surface area (Å²) < 4.78 is 19.0. The van der Waals surface area contributed by atoms with Gasteiger partial charge in [0.1, 0.15) is 17.6 Å². The van der Waals surface area contributed by atoms with Crippen LogP contribution in [-0.4, -0.2) is 43.0 Å². The largest absolute Gasteiger partial charge is 0.497 e. The summed E-state index contributed by atoms with van der Waals surface area (Å²) in [5.74, 6) is -0.531. The fraction of sp³-hybridized carbons (Fsp3) is 0.263. The lowest BCUT2D eigenvalue weighted by molar-refractivity contribution is -0.124. The van der Waals surface area contributed by atoms with Crippen molar-refractivity contribution < 1.29 is 18.7 Å². The van der Waals surface area contributed by atoms with Gasteiger partial charge in [-0.05, 0) is 43.3 Å². The summed E-state index contributed by atoms with van der Waals surface area (Å²) in [6, 6.07) is 12.3. The highest BCUT2D eigenvalue weighted by Gasteiger charge is 2.36. The Bertz CT molecular complexity index is 792. The predicted molar refractivity (Wildman–Crippen MR) is 92.2 cm³/mol. The molecule has 1 aliphatic heterocycles. The molecule has 0 radical (unpaired) electrons. The maximum Gasteiger partial charge on any atom is 0.257 e. The summed E-state index contributed by atoms with van der Waals surface area (Å²) in [5.41, 5.74) is 0.732. The van der Waals surface area contributed by atoms with Crippen LogP contribution in [0.15, 0.2) is 48.5 Å². The molecule has 0 aliphatic carbocycles. The lowest BCUT2D eigenvalue weighted by Crippen LogP contribution is -2.57. The number of ether oxygens (including phenoxy) is 1. The molecule has 0 bridgehead atoms. The van der Waals surface area contributed by atoms with Crippen LogP contribution in [0.25, 0.3) is 0 Å². The van der Waals surface area contributed by atoms with E-state index in [0.717, 1.165) is 5.69 Å². The van der Waals surface area contributed by atoms with Crippen LogP contribution in [0.1, 0.15) is 17.3 Å². The summed E-state index contributed by atoms with van der Waals surface area (Å²) in [7, 11) is 1.58. The van der Waals surface area contributed by atoms with Gasteiger partial charge < -0.3 is 14.5 Å². The van der Waals surface area contributed by atoms with E-state index in [4.69, 9.17) is 4.74 Å². The van der Waals surface area contributed by atoms with Crippen molar-refractivity contribution >= 4 is 17.5 Å². The molecule has 6 heteroatoms. The minimum absolute atomic E-state index is 0.0138. The maximum atomic E-state index is 13.9. The van der Waals surface area contributed by atoms with Gasteiger partial charge in [-0.1, -0.05) is 12.1 Å². The Morgan fingerprint density at radius 1 is 1.12 bits per heavy atom. The fourth-order valence-electron chi connectivity index (χ4n) is 2.96. The van der Waals surface area contributed by atoms with Crippen molar-refractivity contribution in [3.05, 3.63) is 59.9 Å². The Morgan fingerprint density at radius 3 is 2.44 bits per heavy atom. The van der Waals surface area contributed by atoms with Gasteiger partial charge in [0.05, 0.1) is 12.7 Å². The van der Waals surface area contributed by atoms with Gasteiger partial charge in [-0.15, -0.1) is 0 Å². The molecule has 0 saturated carbocycles. The molecule has 1 aliphatic rings. The van der Waals surface area contributed by atoms with Crippen LogP contribution in [0.5, 0.6) is 5.75 Å². The Labute approximate surface area is 145 Å². The molecule has 2 aromatic carbocycles. The van der Waals surface area contributed by atoms with Gasteiger partial charge in [0.15, 0.2) is 0 Å². The molecule has 130 valence electrons. The zero-order valence-corrected chi connectivity index (χ0v) is 14.1. The van der Waals surface area contributed by atoms with Gasteiger partial charge in [-0.3, -0.25) is 9.59 Å². The zero-order valence-electron chi connectivity index (χ0n) is 14.1. The molecule has 25 heavy (non-hydrogen) atoms. The molecule has 0 spiro atoms. The monoisotopic (exact) mass is 342 g/mol. The van der Waals surface area contributed by atoms with Gasteiger partial charge in [0.2, 0.25) is 5.91 Å². The SMILES string of the molecule is COc1ccc(N2CCN(C(=O)c3ccccc3F)[C@H](C)C2=O)cc1. The molecule has 1 heterocycles. The van der Waals surface area contributed by atoms with Gasteiger partial charge in [0, 0.05) is 18.8 Å². The second kappa shape index (κ2) is 6.93. The molecule has 5 nitrogen and oxygen atoms in total. The molecule has 2 amide bonds. The minimum atomic E-state index is -0.664. The van der Waals surface area contributed by atoms with E-state index in [1.807, 2.05) is 0 Å². The number of methoxy groups -OCH3 is 1. The van der Waals surface area contributed by atoms with Crippen molar-refractivity contribution in [2.45, 2.75) is 13.0 Å². The first kappa shape index (κ1) is 17.0. The molecule has 1 saturated heterocycles. The smallest absolute Gasteiger partial charge is 0.257 e. The molecular formula is C19H19FN2O3. The summed E-state index contributed by atoms with van der Waals surface area (Å²) >= 11 is 0. The second-order valence-electron chi connectivity index (χ2n) is 5.84. The van der Waals surface area contributed by atoms with Crippen LogP contribution in [0.3, 0.4) is 0 Å². The molecule has 0 N–H and O–H groups in total. The molecule has 1 fully saturated rings. The van der Waals surface area contributed by atoms with E-state index in [1.54, 1.807) is 49.3 Å². The van der Waals surface area contributed by atoms with Crippen LogP contribution in [0.4, 0.5) is 10.1 Å². The first-order valence-electron chi connectivity index (χ1n) is 8.04. The van der Waals surface area contributed by atoms with Crippen LogP contribution in [0, 0.1) is 5.82 Å². The number of nitrogens with zero attached hydrogens (tertiary/aromatic N) is 2. The van der Waals surface area contributed by atoms with Gasteiger partial charge >= 0.3 is 0 Å². The normalized spacial score (nSPS) is 17.6. The summed E-state index contributed by atoms with van der Waals surface area (Å²) in [4.78, 5) is 28.4. The summed E-state index contributed by atoms with van der Waals surface area (Å²) in [6.45, 7) is 2.36. The average molecular weight is 342 g/mol. The first-order valence-corrected chi connectivity index (χ1v) is 8.04. The molecular weight excluding hydrogens is 323 g/mol. The lowest BCUT2D eigenvalue weighted by Gasteiger charge is -2.39. The van der Waals surface area contributed by atoms with Crippen molar-refractivity contribution in [3.63, 3.8) is 0 Å². The Balaban J connectivity index is 1.79. The van der Waals surface area contributed by atoms with E-state index in [2.05, 4.69) is 0 Å². The summed E-state index contributed by atoms with van der Waals surface area (Å²) in [6.07, 6.45) is 0. The summed E-state index contributed by atoms with van der Waals surface area (Å²) in [5, 5.41) is 0. The number of anilines is 1. The third-order valence-electron chi connectivity index (χ3n) is 4.40. The number of benzene rings is 2. The van der Waals surface area contributed by atoms with E-state index >= 15 is 0 Å². The van der Waals surface area contributed by atoms with Crippen molar-refractivity contribution in [1.29, 1.82) is 0 Å². The number of carbonyl (C=O) groups excluding carboxylic acids is 2. The van der Waals surface area contributed by atoms with Crippen molar-refractivity contribution in [2.24, 2.45) is 0 Å². The number of rotatable bonds is 3. The number of halogens is 1. The number of hydrogen-bond donors (Lipinski definition) is 0. The highest BCUT2D eigenvalue weighted by Crippen LogP contribution is 2.24. The standard InChI is InChI=1S/C19H19FN2O3/c1-13-18(23)22(14-7-9-15(25-2)10-8-14)12-11-21(13)19(24)16-5-3-4-6-17(16)20/h3-10,13H,11-12H2,1-2H3/t13-/m1/s1. The van der Waals surface area contributed by atoms with Crippen molar-refractivity contribution in [2.75, 3.05) is 25.1 Å². The van der Waals surface area contributed by atoms with Crippen LogP contribution < -0.4 is 9.64 Å². The minimum Gasteiger partial charge on any atom is -0.497 e. The number of hydrogen-bond acceptors (Lipinski definition) is 3. The second-order valence-corrected chi connectivity index (χ2v) is 5.84. The van der Waals surface area contributed by atoms with Gasteiger partial charge in [-0.2, -0.15) is 0 Å². The van der Waals surface area contributed by atoms with Crippen LogP contribution in [0.2, 0.25) is 0 Å². The molecule has 1 atom stereocenters. The zero-order chi connectivity index (χ0) is 18.0. The highest BCUT2D eigenvalue weighted by atomic mass is 19.1. The maximum absolute atomic E-state index is 13.9. The fourth-order valence-corrected chi connectivity index (χ4v) is 2.96. The Kier molecular flexibility index (Phi) is 4.70. The third kappa shape index (κ3) is 3.20. The number of carbonyl (C=O) groups is 2. The van der Waals surface area contributed by atoms with E-state index < -0.39 is 17.8 Å². The topological polar surface area (TPSA) is 49.9 Å². The molecule has 0 aromatic heterocycles. The number of amides is 2. The first-order chi connectivity index (χ1) is 12.0. The van der Waals surface area contributed by atoms with E-state index in [1.165, 1.54) is 23.1 Å². The predicted octanol–water partition coefficient (Wildman–Crippen LogP) is 2.71.